The van der Waals surface area contributed by atoms with E-state index in [-0.39, 0.29) is 11.7 Å². The minimum Gasteiger partial charge on any atom is -0.467 e. The number of carbonyl (C=O) groups is 1. The smallest absolute Gasteiger partial charge is 0.278 e. The molecule has 1 aromatic heterocycles. The lowest BCUT2D eigenvalue weighted by Gasteiger charge is -2.21. The zero-order valence-electron chi connectivity index (χ0n) is 13.0. The molecule has 0 spiro atoms. The van der Waals surface area contributed by atoms with Crippen LogP contribution in [0.25, 0.3) is 0 Å². The van der Waals surface area contributed by atoms with Gasteiger partial charge in [0.05, 0.1) is 18.8 Å². The van der Waals surface area contributed by atoms with E-state index in [9.17, 15) is 9.18 Å². The fourth-order valence-electron chi connectivity index (χ4n) is 2.10. The van der Waals surface area contributed by atoms with E-state index < -0.39 is 0 Å². The number of carbonyl (C=O) groups excluding carboxylic acids is 1. The predicted octanol–water partition coefficient (Wildman–Crippen LogP) is 1.92. The Morgan fingerprint density at radius 3 is 2.55 bits per heavy atom. The van der Waals surface area contributed by atoms with Crippen LogP contribution >= 0.6 is 0 Å². The van der Waals surface area contributed by atoms with Crippen molar-refractivity contribution in [2.24, 2.45) is 0 Å². The molecule has 1 aromatic carbocycles. The Morgan fingerprint density at radius 1 is 1.23 bits per heavy atom. The highest BCUT2D eigenvalue weighted by atomic mass is 19.1. The lowest BCUT2D eigenvalue weighted by Crippen LogP contribution is -2.90. The quantitative estimate of drug-likeness (QED) is 0.849. The third-order valence-electron chi connectivity index (χ3n) is 3.33. The van der Waals surface area contributed by atoms with Gasteiger partial charge < -0.3 is 14.6 Å². The maximum Gasteiger partial charge on any atom is 0.278 e. The van der Waals surface area contributed by atoms with E-state index in [1.807, 2.05) is 25.2 Å². The van der Waals surface area contributed by atoms with Crippen molar-refractivity contribution in [1.29, 1.82) is 0 Å². The number of nitrogens with zero attached hydrogens (tertiary/aromatic N) is 1. The molecule has 0 aliphatic rings. The fraction of sp³-hybridized carbons (Fsp3) is 0.353. The molecule has 1 amide bonds. The number of nitrogens with two attached hydrogens (primary N) is 1. The number of furan rings is 1. The predicted molar refractivity (Wildman–Crippen MR) is 81.3 cm³/mol. The first-order chi connectivity index (χ1) is 10.5. The largest absolute Gasteiger partial charge is 0.467 e. The number of benzene rings is 1. The summed E-state index contributed by atoms with van der Waals surface area (Å²) >= 11 is 0. The van der Waals surface area contributed by atoms with Gasteiger partial charge in [0, 0.05) is 6.54 Å². The Hall–Kier alpha value is -2.14. The molecule has 0 radical (unpaired) electrons. The Labute approximate surface area is 129 Å². The van der Waals surface area contributed by atoms with Crippen LogP contribution in [0, 0.1) is 5.82 Å². The molecule has 5 heteroatoms. The van der Waals surface area contributed by atoms with Crippen LogP contribution in [0.4, 0.5) is 4.39 Å². The van der Waals surface area contributed by atoms with Crippen LogP contribution in [0.3, 0.4) is 0 Å². The summed E-state index contributed by atoms with van der Waals surface area (Å²) in [5.41, 5.74) is 0.894. The van der Waals surface area contributed by atoms with E-state index in [4.69, 9.17) is 4.42 Å². The minimum absolute atomic E-state index is 0.0365. The first-order valence-corrected chi connectivity index (χ1v) is 7.42. The average Bonchev–Trinajstić information content (AvgIpc) is 2.99. The highest BCUT2D eigenvalue weighted by molar-refractivity contribution is 5.77. The second kappa shape index (κ2) is 7.75. The summed E-state index contributed by atoms with van der Waals surface area (Å²) in [7, 11) is 0. The van der Waals surface area contributed by atoms with Crippen molar-refractivity contribution in [3.8, 4) is 0 Å². The summed E-state index contributed by atoms with van der Waals surface area (Å²) in [6.07, 6.45) is 1.59. The van der Waals surface area contributed by atoms with E-state index >= 15 is 0 Å². The first kappa shape index (κ1) is 16.2. The summed E-state index contributed by atoms with van der Waals surface area (Å²) < 4.78 is 18.3. The Bertz CT molecular complexity index is 579. The number of amides is 1. The molecule has 2 rings (SSSR count). The van der Waals surface area contributed by atoms with Gasteiger partial charge in [0.15, 0.2) is 6.54 Å². The van der Waals surface area contributed by atoms with Gasteiger partial charge in [0.1, 0.15) is 11.6 Å². The van der Waals surface area contributed by atoms with Crippen molar-refractivity contribution >= 4 is 5.91 Å². The molecule has 0 bridgehead atoms. The molecule has 4 nitrogen and oxygen atoms in total. The molecular formula is C17H22FN2O2+. The molecule has 118 valence electrons. The van der Waals surface area contributed by atoms with Crippen LogP contribution in [-0.2, 0) is 17.9 Å². The van der Waals surface area contributed by atoms with Crippen LogP contribution in [-0.4, -0.2) is 23.4 Å². The van der Waals surface area contributed by atoms with Gasteiger partial charge >= 0.3 is 0 Å². The van der Waals surface area contributed by atoms with Gasteiger partial charge in [-0.05, 0) is 43.7 Å². The molecule has 0 fully saturated rings. The van der Waals surface area contributed by atoms with Crippen LogP contribution in [0.5, 0.6) is 0 Å². The SMILES string of the molecule is CC(C)[NH2+]CC(=O)N(Cc1ccc(F)cc1)Cc1ccco1. The van der Waals surface area contributed by atoms with E-state index in [0.29, 0.717) is 25.7 Å². The molecule has 2 N–H and O–H groups in total. The average molecular weight is 305 g/mol. The highest BCUT2D eigenvalue weighted by Crippen LogP contribution is 2.11. The van der Waals surface area contributed by atoms with E-state index in [1.165, 1.54) is 12.1 Å². The maximum atomic E-state index is 13.0. The van der Waals surface area contributed by atoms with Crippen LogP contribution < -0.4 is 5.32 Å². The summed E-state index contributed by atoms with van der Waals surface area (Å²) in [4.78, 5) is 14.2. The molecule has 1 heterocycles. The lowest BCUT2D eigenvalue weighted by molar-refractivity contribution is -0.673. The molecule has 0 atom stereocenters. The maximum absolute atomic E-state index is 13.0. The van der Waals surface area contributed by atoms with E-state index in [0.717, 1.165) is 11.3 Å². The Morgan fingerprint density at radius 2 is 1.95 bits per heavy atom. The molecular weight excluding hydrogens is 283 g/mol. The molecule has 0 saturated heterocycles. The van der Waals surface area contributed by atoms with E-state index in [1.54, 1.807) is 29.4 Å². The van der Waals surface area contributed by atoms with Crippen molar-refractivity contribution in [2.45, 2.75) is 33.0 Å². The molecule has 0 aliphatic heterocycles. The monoisotopic (exact) mass is 305 g/mol. The Balaban J connectivity index is 2.06. The van der Waals surface area contributed by atoms with Gasteiger partial charge in [-0.2, -0.15) is 0 Å². The zero-order valence-corrected chi connectivity index (χ0v) is 13.0. The molecule has 0 saturated carbocycles. The topological polar surface area (TPSA) is 50.1 Å². The second-order valence-corrected chi connectivity index (χ2v) is 5.64. The summed E-state index contributed by atoms with van der Waals surface area (Å²) in [6, 6.07) is 10.2. The van der Waals surface area contributed by atoms with Crippen molar-refractivity contribution in [1.82, 2.24) is 4.90 Å². The van der Waals surface area contributed by atoms with Crippen molar-refractivity contribution < 1.29 is 18.9 Å². The number of hydrogen-bond acceptors (Lipinski definition) is 2. The molecule has 0 aliphatic carbocycles. The van der Waals surface area contributed by atoms with Crippen molar-refractivity contribution in [3.05, 3.63) is 59.8 Å². The first-order valence-electron chi connectivity index (χ1n) is 7.42. The Kier molecular flexibility index (Phi) is 5.72. The number of rotatable bonds is 7. The van der Waals surface area contributed by atoms with Gasteiger partial charge in [-0.25, -0.2) is 4.39 Å². The van der Waals surface area contributed by atoms with Crippen molar-refractivity contribution in [2.75, 3.05) is 6.54 Å². The summed E-state index contributed by atoms with van der Waals surface area (Å²) in [5.74, 6) is 0.496. The fourth-order valence-corrected chi connectivity index (χ4v) is 2.10. The van der Waals surface area contributed by atoms with Gasteiger partial charge in [0.2, 0.25) is 0 Å². The number of quaternary nitrogens is 1. The lowest BCUT2D eigenvalue weighted by atomic mass is 10.2. The number of hydrogen-bond donors (Lipinski definition) is 1. The zero-order chi connectivity index (χ0) is 15.9. The van der Waals surface area contributed by atoms with Crippen LogP contribution in [0.1, 0.15) is 25.2 Å². The standard InChI is InChI=1S/C17H21FN2O2/c1-13(2)19-10-17(21)20(12-16-4-3-9-22-16)11-14-5-7-15(18)8-6-14/h3-9,13,19H,10-12H2,1-2H3/p+1. The minimum atomic E-state index is -0.277. The van der Waals surface area contributed by atoms with Gasteiger partial charge in [0.25, 0.3) is 5.91 Å². The van der Waals surface area contributed by atoms with Crippen LogP contribution in [0.2, 0.25) is 0 Å². The molecule has 22 heavy (non-hydrogen) atoms. The second-order valence-electron chi connectivity index (χ2n) is 5.64. The third-order valence-corrected chi connectivity index (χ3v) is 3.33. The molecule has 0 unspecified atom stereocenters. The highest BCUT2D eigenvalue weighted by Gasteiger charge is 2.18. The van der Waals surface area contributed by atoms with Gasteiger partial charge in [-0.1, -0.05) is 12.1 Å². The van der Waals surface area contributed by atoms with Crippen LogP contribution in [0.15, 0.2) is 47.1 Å². The van der Waals surface area contributed by atoms with Gasteiger partial charge in [-0.15, -0.1) is 0 Å². The summed E-state index contributed by atoms with van der Waals surface area (Å²) in [6.45, 7) is 5.33. The normalized spacial score (nSPS) is 10.9. The van der Waals surface area contributed by atoms with Gasteiger partial charge in [-0.3, -0.25) is 4.79 Å². The third kappa shape index (κ3) is 5.00. The van der Waals surface area contributed by atoms with E-state index in [2.05, 4.69) is 0 Å². The summed E-state index contributed by atoms with van der Waals surface area (Å²) in [5, 5.41) is 1.99. The number of halogens is 1. The molecule has 2 aromatic rings. The van der Waals surface area contributed by atoms with Crippen molar-refractivity contribution in [3.63, 3.8) is 0 Å².